The third-order valence-electron chi connectivity index (χ3n) is 5.66. The summed E-state index contributed by atoms with van der Waals surface area (Å²) in [7, 11) is 1.23. The summed E-state index contributed by atoms with van der Waals surface area (Å²) in [5.74, 6) is -0.724. The van der Waals surface area contributed by atoms with E-state index in [1.54, 1.807) is 12.3 Å². The van der Waals surface area contributed by atoms with Crippen molar-refractivity contribution in [2.24, 2.45) is 0 Å². The van der Waals surface area contributed by atoms with E-state index in [2.05, 4.69) is 0 Å². The van der Waals surface area contributed by atoms with Gasteiger partial charge in [0.25, 0.3) is 0 Å². The summed E-state index contributed by atoms with van der Waals surface area (Å²) in [6.45, 7) is 1.73. The van der Waals surface area contributed by atoms with Gasteiger partial charge in [-0.2, -0.15) is 13.2 Å². The Morgan fingerprint density at radius 3 is 2.50 bits per heavy atom. The molecule has 0 aliphatic carbocycles. The number of alkyl halides is 3. The molecule has 4 nitrogen and oxygen atoms in total. The van der Waals surface area contributed by atoms with E-state index in [1.807, 2.05) is 42.5 Å². The van der Waals surface area contributed by atoms with Gasteiger partial charge in [-0.3, -0.25) is 0 Å². The van der Waals surface area contributed by atoms with Gasteiger partial charge in [0.15, 0.2) is 5.75 Å². The lowest BCUT2D eigenvalue weighted by molar-refractivity contribution is -0.142. The van der Waals surface area contributed by atoms with Crippen LogP contribution in [0.1, 0.15) is 18.9 Å². The van der Waals surface area contributed by atoms with E-state index in [0.29, 0.717) is 4.88 Å². The van der Waals surface area contributed by atoms with Crippen molar-refractivity contribution in [2.45, 2.75) is 25.6 Å². The summed E-state index contributed by atoms with van der Waals surface area (Å²) in [5, 5.41) is 14.9. The van der Waals surface area contributed by atoms with Gasteiger partial charge < -0.3 is 14.7 Å². The number of carbonyl (C=O) groups is 1. The first-order valence-electron chi connectivity index (χ1n) is 10.6. The third kappa shape index (κ3) is 4.33. The Morgan fingerprint density at radius 2 is 1.79 bits per heavy atom. The van der Waals surface area contributed by atoms with Crippen LogP contribution in [-0.4, -0.2) is 24.2 Å². The Morgan fingerprint density at radius 1 is 1.09 bits per heavy atom. The number of halogens is 3. The summed E-state index contributed by atoms with van der Waals surface area (Å²) in [6.07, 6.45) is -4.30. The van der Waals surface area contributed by atoms with Crippen LogP contribution in [0.5, 0.6) is 5.75 Å². The second-order valence-corrected chi connectivity index (χ2v) is 8.57. The Labute approximate surface area is 198 Å². The lowest BCUT2D eigenvalue weighted by atomic mass is 10.0. The van der Waals surface area contributed by atoms with Crippen LogP contribution >= 0.6 is 11.3 Å². The minimum atomic E-state index is -4.56. The summed E-state index contributed by atoms with van der Waals surface area (Å²) in [4.78, 5) is 14.6. The van der Waals surface area contributed by atoms with E-state index in [4.69, 9.17) is 4.74 Å². The van der Waals surface area contributed by atoms with E-state index in [9.17, 15) is 23.1 Å². The number of anilines is 2. The number of fused-ring (bicyclic) bond motifs is 1. The van der Waals surface area contributed by atoms with Crippen molar-refractivity contribution < 1.29 is 27.8 Å². The fourth-order valence-corrected chi connectivity index (χ4v) is 5.01. The maximum Gasteiger partial charge on any atom is 0.416 e. The van der Waals surface area contributed by atoms with Gasteiger partial charge in [0.1, 0.15) is 6.04 Å². The van der Waals surface area contributed by atoms with Crippen LogP contribution in [-0.2, 0) is 15.7 Å². The van der Waals surface area contributed by atoms with Crippen molar-refractivity contribution in [3.05, 3.63) is 77.7 Å². The first-order chi connectivity index (χ1) is 16.3. The lowest BCUT2D eigenvalue weighted by Gasteiger charge is -2.31. The molecule has 8 heteroatoms. The van der Waals surface area contributed by atoms with Crippen LogP contribution in [0.4, 0.5) is 24.5 Å². The van der Waals surface area contributed by atoms with Gasteiger partial charge in [0.05, 0.1) is 23.2 Å². The minimum absolute atomic E-state index is 0.110. The Hall–Kier alpha value is -3.52. The minimum Gasteiger partial charge on any atom is -0.504 e. The molecule has 4 rings (SSSR count). The molecule has 0 saturated heterocycles. The van der Waals surface area contributed by atoms with E-state index < -0.39 is 23.8 Å². The SMILES string of the molecule is CCC(C(=O)OC)N(c1cccc(C(F)(F)F)c1)c1csc(-c2cccc3ccccc23)c1O. The third-order valence-corrected chi connectivity index (χ3v) is 6.65. The molecule has 0 amide bonds. The second-order valence-electron chi connectivity index (χ2n) is 7.69. The maximum absolute atomic E-state index is 13.4. The molecule has 0 fully saturated rings. The monoisotopic (exact) mass is 485 g/mol. The zero-order chi connectivity index (χ0) is 24.5. The summed E-state index contributed by atoms with van der Waals surface area (Å²) in [6, 6.07) is 17.2. The van der Waals surface area contributed by atoms with Gasteiger partial charge >= 0.3 is 12.1 Å². The topological polar surface area (TPSA) is 49.8 Å². The summed E-state index contributed by atoms with van der Waals surface area (Å²) in [5.41, 5.74) is 0.315. The van der Waals surface area contributed by atoms with Crippen molar-refractivity contribution in [2.75, 3.05) is 12.0 Å². The van der Waals surface area contributed by atoms with Gasteiger partial charge in [-0.1, -0.05) is 55.5 Å². The van der Waals surface area contributed by atoms with Crippen molar-refractivity contribution in [3.8, 4) is 16.2 Å². The number of nitrogens with zero attached hydrogens (tertiary/aromatic N) is 1. The average molecular weight is 486 g/mol. The van der Waals surface area contributed by atoms with E-state index >= 15 is 0 Å². The standard InChI is InChI=1S/C26H22F3NO3S/c1-3-21(25(32)33-2)30(18-11-7-10-17(14-18)26(27,28)29)22-15-34-24(23(22)31)20-13-6-9-16-8-4-5-12-19(16)20/h4-15,21,31H,3H2,1-2H3. The van der Waals surface area contributed by atoms with Crippen LogP contribution in [0.15, 0.2) is 72.1 Å². The van der Waals surface area contributed by atoms with Gasteiger partial charge in [-0.25, -0.2) is 4.79 Å². The van der Waals surface area contributed by atoms with E-state index in [-0.39, 0.29) is 23.5 Å². The van der Waals surface area contributed by atoms with Crippen LogP contribution < -0.4 is 4.90 Å². The van der Waals surface area contributed by atoms with Crippen LogP contribution in [0.3, 0.4) is 0 Å². The van der Waals surface area contributed by atoms with Crippen LogP contribution in [0.2, 0.25) is 0 Å². The molecule has 0 spiro atoms. The molecular weight excluding hydrogens is 463 g/mol. The fourth-order valence-electron chi connectivity index (χ4n) is 4.04. The molecule has 0 aliphatic rings. The second kappa shape index (κ2) is 9.38. The Kier molecular flexibility index (Phi) is 6.52. The quantitative estimate of drug-likeness (QED) is 0.290. The van der Waals surface area contributed by atoms with Gasteiger partial charge in [0.2, 0.25) is 0 Å². The smallest absolute Gasteiger partial charge is 0.416 e. The highest BCUT2D eigenvalue weighted by Crippen LogP contribution is 2.48. The van der Waals surface area contributed by atoms with Crippen molar-refractivity contribution in [3.63, 3.8) is 0 Å². The Bertz CT molecular complexity index is 1330. The summed E-state index contributed by atoms with van der Waals surface area (Å²) < 4.78 is 45.2. The first-order valence-corrected chi connectivity index (χ1v) is 11.5. The van der Waals surface area contributed by atoms with Gasteiger partial charge in [-0.05, 0) is 35.4 Å². The average Bonchev–Trinajstić information content (AvgIpc) is 3.21. The molecule has 34 heavy (non-hydrogen) atoms. The molecule has 3 aromatic carbocycles. The van der Waals surface area contributed by atoms with E-state index in [0.717, 1.165) is 28.5 Å². The van der Waals surface area contributed by atoms with Crippen molar-refractivity contribution in [1.82, 2.24) is 0 Å². The fraction of sp³-hybridized carbons (Fsp3) is 0.192. The molecule has 1 atom stereocenters. The molecule has 1 unspecified atom stereocenters. The number of benzene rings is 3. The maximum atomic E-state index is 13.4. The number of ether oxygens (including phenoxy) is 1. The molecule has 4 aromatic rings. The van der Waals surface area contributed by atoms with Gasteiger partial charge in [-0.15, -0.1) is 11.3 Å². The molecule has 0 saturated carbocycles. The van der Waals surface area contributed by atoms with Crippen molar-refractivity contribution in [1.29, 1.82) is 0 Å². The number of thiophene rings is 1. The molecule has 0 bridgehead atoms. The lowest BCUT2D eigenvalue weighted by Crippen LogP contribution is -2.38. The number of hydrogen-bond donors (Lipinski definition) is 1. The van der Waals surface area contributed by atoms with Crippen LogP contribution in [0.25, 0.3) is 21.2 Å². The first kappa shape index (κ1) is 23.6. The molecule has 1 aromatic heterocycles. The summed E-state index contributed by atoms with van der Waals surface area (Å²) >= 11 is 1.26. The molecular formula is C26H22F3NO3S. The zero-order valence-electron chi connectivity index (χ0n) is 18.5. The van der Waals surface area contributed by atoms with Gasteiger partial charge in [0, 0.05) is 16.6 Å². The van der Waals surface area contributed by atoms with Crippen molar-refractivity contribution >= 4 is 39.5 Å². The number of esters is 1. The Balaban J connectivity index is 1.90. The highest BCUT2D eigenvalue weighted by atomic mass is 32.1. The molecule has 1 N–H and O–H groups in total. The molecule has 176 valence electrons. The highest BCUT2D eigenvalue weighted by molar-refractivity contribution is 7.14. The number of aromatic hydroxyl groups is 1. The van der Waals surface area contributed by atoms with Crippen LogP contribution in [0, 0.1) is 0 Å². The largest absolute Gasteiger partial charge is 0.504 e. The predicted octanol–water partition coefficient (Wildman–Crippen LogP) is 7.38. The molecule has 0 aliphatic heterocycles. The normalized spacial score (nSPS) is 12.5. The number of hydrogen-bond acceptors (Lipinski definition) is 5. The highest BCUT2D eigenvalue weighted by Gasteiger charge is 2.34. The molecule has 1 heterocycles. The number of methoxy groups -OCH3 is 1. The molecule has 0 radical (unpaired) electrons. The van der Waals surface area contributed by atoms with E-state index in [1.165, 1.54) is 35.5 Å². The predicted molar refractivity (Wildman–Crippen MR) is 129 cm³/mol. The number of carbonyl (C=O) groups excluding carboxylic acids is 1. The number of rotatable bonds is 6. The zero-order valence-corrected chi connectivity index (χ0v) is 19.3.